The lowest BCUT2D eigenvalue weighted by Gasteiger charge is -2.17. The molecule has 1 aromatic carbocycles. The van der Waals surface area contributed by atoms with Gasteiger partial charge in [0.1, 0.15) is 11.7 Å². The molecule has 1 atom stereocenters. The molecule has 3 N–H and O–H groups in total. The molecule has 0 bridgehead atoms. The van der Waals surface area contributed by atoms with Gasteiger partial charge in [0, 0.05) is 55.1 Å². The Balaban J connectivity index is 0.000000459. The Labute approximate surface area is 222 Å². The average molecular weight is 545 g/mol. The third kappa shape index (κ3) is 7.78. The Hall–Kier alpha value is -4.44. The molecule has 1 fully saturated rings. The van der Waals surface area contributed by atoms with Gasteiger partial charge in [-0.05, 0) is 50.6 Å². The third-order valence-electron chi connectivity index (χ3n) is 6.15. The largest absolute Gasteiger partial charge is 0.478 e. The summed E-state index contributed by atoms with van der Waals surface area (Å²) in [5, 5.41) is 28.4. The molecule has 0 amide bonds. The number of rotatable bonds is 7. The summed E-state index contributed by atoms with van der Waals surface area (Å²) in [6.45, 7) is 2.50. The fourth-order valence-corrected chi connectivity index (χ4v) is 4.30. The van der Waals surface area contributed by atoms with Crippen LogP contribution in [0.1, 0.15) is 24.2 Å². The van der Waals surface area contributed by atoms with Crippen LogP contribution in [-0.2, 0) is 22.8 Å². The summed E-state index contributed by atoms with van der Waals surface area (Å²) in [7, 11) is 3.82. The number of aromatic nitrogens is 3. The monoisotopic (exact) mass is 544 g/mol. The number of likely N-dealkylation sites (tertiary alicyclic amines) is 1. The van der Waals surface area contributed by atoms with Gasteiger partial charge in [0.25, 0.3) is 0 Å². The van der Waals surface area contributed by atoms with E-state index in [1.807, 2.05) is 6.07 Å². The van der Waals surface area contributed by atoms with Crippen LogP contribution in [-0.4, -0.2) is 68.3 Å². The summed E-state index contributed by atoms with van der Waals surface area (Å²) in [5.41, 5.74) is 0.425. The first-order valence-corrected chi connectivity index (χ1v) is 11.9. The van der Waals surface area contributed by atoms with Crippen LogP contribution in [0.5, 0.6) is 0 Å². The van der Waals surface area contributed by atoms with Crippen molar-refractivity contribution in [3.8, 4) is 17.3 Å². The molecule has 10 nitrogen and oxygen atoms in total. The van der Waals surface area contributed by atoms with E-state index >= 15 is 0 Å². The van der Waals surface area contributed by atoms with Crippen molar-refractivity contribution in [1.29, 1.82) is 5.26 Å². The molecule has 4 rings (SSSR count). The number of hydrogen-bond donors (Lipinski definition) is 3. The topological polar surface area (TPSA) is 144 Å². The van der Waals surface area contributed by atoms with Crippen molar-refractivity contribution in [2.75, 3.05) is 32.0 Å². The highest BCUT2D eigenvalue weighted by Crippen LogP contribution is 2.38. The molecule has 3 aromatic rings. The van der Waals surface area contributed by atoms with Crippen molar-refractivity contribution < 1.29 is 33.0 Å². The van der Waals surface area contributed by atoms with E-state index in [1.54, 1.807) is 29.9 Å². The van der Waals surface area contributed by atoms with Gasteiger partial charge < -0.3 is 25.0 Å². The summed E-state index contributed by atoms with van der Waals surface area (Å²) in [5.74, 6) is -2.09. The molecule has 13 heteroatoms. The number of carbonyl (C=O) groups is 2. The molecule has 0 aliphatic carbocycles. The molecule has 1 unspecified atom stereocenters. The van der Waals surface area contributed by atoms with E-state index in [9.17, 15) is 28.0 Å². The average Bonchev–Trinajstić information content (AvgIpc) is 3.47. The summed E-state index contributed by atoms with van der Waals surface area (Å²) >= 11 is 0. The fraction of sp³-hybridized carbons (Fsp3) is 0.346. The molecular weight excluding hydrogens is 517 g/mol. The first-order valence-electron chi connectivity index (χ1n) is 11.9. The highest BCUT2D eigenvalue weighted by Gasteiger charge is 2.34. The van der Waals surface area contributed by atoms with Crippen LogP contribution in [0.4, 0.5) is 18.9 Å². The van der Waals surface area contributed by atoms with Gasteiger partial charge in [0.05, 0.1) is 11.3 Å². The normalized spacial score (nSPS) is 15.6. The predicted octanol–water partition coefficient (Wildman–Crippen LogP) is 3.99. The maximum absolute atomic E-state index is 13.9. The molecule has 1 saturated heterocycles. The number of nitriles is 1. The SMILES string of the molecule is CN1CCC(CCNc2ccc(-c3nc(C#N)nc4c3ccn4C)cc2C(F)(F)F)C1.O=C(O)/C=C/C(=O)O. The van der Waals surface area contributed by atoms with Crippen molar-refractivity contribution >= 4 is 28.7 Å². The van der Waals surface area contributed by atoms with E-state index in [0.29, 0.717) is 46.9 Å². The molecule has 0 spiro atoms. The minimum absolute atomic E-state index is 0.0569. The molecule has 1 aliphatic rings. The maximum Gasteiger partial charge on any atom is 0.418 e. The van der Waals surface area contributed by atoms with E-state index in [1.165, 1.54) is 6.07 Å². The number of hydrogen-bond acceptors (Lipinski definition) is 7. The lowest BCUT2D eigenvalue weighted by Crippen LogP contribution is -2.17. The minimum Gasteiger partial charge on any atom is -0.478 e. The van der Waals surface area contributed by atoms with Crippen LogP contribution in [0.25, 0.3) is 22.3 Å². The first kappa shape index (κ1) is 29.1. The van der Waals surface area contributed by atoms with Crippen molar-refractivity contribution in [3.05, 3.63) is 54.0 Å². The second-order valence-corrected chi connectivity index (χ2v) is 9.07. The van der Waals surface area contributed by atoms with Gasteiger partial charge >= 0.3 is 18.1 Å². The zero-order valence-corrected chi connectivity index (χ0v) is 21.2. The van der Waals surface area contributed by atoms with Crippen molar-refractivity contribution in [3.63, 3.8) is 0 Å². The molecule has 2 aromatic heterocycles. The Morgan fingerprint density at radius 1 is 1.18 bits per heavy atom. The lowest BCUT2D eigenvalue weighted by atomic mass is 10.0. The number of halogens is 3. The standard InChI is InChI=1S/C22H23F3N6.C4H4O4/c1-30-9-6-14(13-30)5-8-27-18-4-3-15(11-17(18)22(23,24)25)20-16-7-10-31(2)21(16)29-19(12-26)28-20;5-3(6)1-2-4(7)8/h3-4,7,10-11,14,27H,5-6,8-9,13H2,1-2H3;1-2H,(H,5,6)(H,7,8)/b;2-1+. The summed E-state index contributed by atoms with van der Waals surface area (Å²) < 4.78 is 43.3. The number of carboxylic acid groups (broad SMARTS) is 2. The van der Waals surface area contributed by atoms with Gasteiger partial charge in [-0.1, -0.05) is 6.07 Å². The molecule has 0 saturated carbocycles. The number of nitrogens with one attached hydrogen (secondary N) is 1. The Morgan fingerprint density at radius 2 is 1.87 bits per heavy atom. The Bertz CT molecular complexity index is 1410. The molecule has 39 heavy (non-hydrogen) atoms. The summed E-state index contributed by atoms with van der Waals surface area (Å²) in [4.78, 5) is 29.7. The zero-order chi connectivity index (χ0) is 28.7. The van der Waals surface area contributed by atoms with E-state index in [4.69, 9.17) is 10.2 Å². The Kier molecular flexibility index (Phi) is 9.26. The molecule has 206 valence electrons. The van der Waals surface area contributed by atoms with Gasteiger partial charge in [-0.25, -0.2) is 19.6 Å². The van der Waals surface area contributed by atoms with E-state index in [2.05, 4.69) is 27.2 Å². The van der Waals surface area contributed by atoms with Crippen molar-refractivity contribution in [2.24, 2.45) is 13.0 Å². The summed E-state index contributed by atoms with van der Waals surface area (Å²) in [6, 6.07) is 7.78. The van der Waals surface area contributed by atoms with Gasteiger partial charge in [-0.2, -0.15) is 18.4 Å². The quantitative estimate of drug-likeness (QED) is 0.376. The second kappa shape index (κ2) is 12.4. The lowest BCUT2D eigenvalue weighted by molar-refractivity contribution is -0.137. The second-order valence-electron chi connectivity index (χ2n) is 9.07. The number of carboxylic acids is 2. The molecule has 3 heterocycles. The zero-order valence-electron chi connectivity index (χ0n) is 21.2. The summed E-state index contributed by atoms with van der Waals surface area (Å²) in [6.07, 6.45) is 0.235. The highest BCUT2D eigenvalue weighted by molar-refractivity contribution is 5.92. The van der Waals surface area contributed by atoms with Gasteiger partial charge in [-0.15, -0.1) is 0 Å². The number of aryl methyl sites for hydroxylation is 1. The number of benzene rings is 1. The van der Waals surface area contributed by atoms with Gasteiger partial charge in [0.2, 0.25) is 5.82 Å². The van der Waals surface area contributed by atoms with E-state index in [-0.39, 0.29) is 11.5 Å². The number of anilines is 1. The maximum atomic E-state index is 13.9. The van der Waals surface area contributed by atoms with E-state index in [0.717, 1.165) is 32.0 Å². The third-order valence-corrected chi connectivity index (χ3v) is 6.15. The van der Waals surface area contributed by atoms with Crippen LogP contribution in [0.3, 0.4) is 0 Å². The van der Waals surface area contributed by atoms with Crippen molar-refractivity contribution in [1.82, 2.24) is 19.4 Å². The van der Waals surface area contributed by atoms with Crippen LogP contribution < -0.4 is 5.32 Å². The highest BCUT2D eigenvalue weighted by atomic mass is 19.4. The fourth-order valence-electron chi connectivity index (χ4n) is 4.30. The minimum atomic E-state index is -4.52. The van der Waals surface area contributed by atoms with Gasteiger partial charge in [0.15, 0.2) is 0 Å². The van der Waals surface area contributed by atoms with Crippen molar-refractivity contribution in [2.45, 2.75) is 19.0 Å². The van der Waals surface area contributed by atoms with Crippen LogP contribution in [0.15, 0.2) is 42.6 Å². The Morgan fingerprint density at radius 3 is 2.44 bits per heavy atom. The first-order chi connectivity index (χ1) is 18.4. The predicted molar refractivity (Wildman–Crippen MR) is 137 cm³/mol. The van der Waals surface area contributed by atoms with E-state index < -0.39 is 23.7 Å². The smallest absolute Gasteiger partial charge is 0.418 e. The molecule has 1 aliphatic heterocycles. The number of aliphatic carboxylic acids is 2. The number of nitrogens with zero attached hydrogens (tertiary/aromatic N) is 5. The van der Waals surface area contributed by atoms with Crippen LogP contribution in [0, 0.1) is 17.2 Å². The van der Waals surface area contributed by atoms with Crippen LogP contribution in [0.2, 0.25) is 0 Å². The van der Waals surface area contributed by atoms with Gasteiger partial charge in [-0.3, -0.25) is 0 Å². The number of alkyl halides is 3. The number of fused-ring (bicyclic) bond motifs is 1. The van der Waals surface area contributed by atoms with Crippen LogP contribution >= 0.6 is 0 Å². The molecular formula is C26H27F3N6O4. The molecule has 0 radical (unpaired) electrons.